The van der Waals surface area contributed by atoms with Gasteiger partial charge in [-0.25, -0.2) is 4.39 Å². The Kier molecular flexibility index (Phi) is 5.11. The van der Waals surface area contributed by atoms with Gasteiger partial charge in [0.15, 0.2) is 0 Å². The Balaban J connectivity index is 1.83. The number of aryl methyl sites for hydroxylation is 1. The van der Waals surface area contributed by atoms with Crippen LogP contribution >= 0.6 is 0 Å². The van der Waals surface area contributed by atoms with Gasteiger partial charge in [0.25, 0.3) is 5.91 Å². The number of aromatic nitrogens is 2. The van der Waals surface area contributed by atoms with E-state index in [1.807, 2.05) is 45.0 Å². The molecule has 0 aliphatic carbocycles. The Bertz CT molecular complexity index is 921. The van der Waals surface area contributed by atoms with Gasteiger partial charge in [-0.2, -0.15) is 4.98 Å². The van der Waals surface area contributed by atoms with E-state index in [1.165, 1.54) is 17.0 Å². The van der Waals surface area contributed by atoms with Crippen LogP contribution in [0.5, 0.6) is 0 Å². The van der Waals surface area contributed by atoms with E-state index in [-0.39, 0.29) is 18.2 Å². The van der Waals surface area contributed by atoms with Gasteiger partial charge >= 0.3 is 0 Å². The van der Waals surface area contributed by atoms with Gasteiger partial charge in [-0.15, -0.1) is 0 Å². The van der Waals surface area contributed by atoms with Crippen molar-refractivity contribution in [3.05, 3.63) is 71.4 Å². The lowest BCUT2D eigenvalue weighted by Crippen LogP contribution is -2.37. The highest BCUT2D eigenvalue weighted by molar-refractivity contribution is 5.94. The Morgan fingerprint density at radius 2 is 1.96 bits per heavy atom. The third-order valence-corrected chi connectivity index (χ3v) is 4.04. The molecule has 1 aromatic heterocycles. The van der Waals surface area contributed by atoms with Gasteiger partial charge in [0.2, 0.25) is 11.7 Å². The summed E-state index contributed by atoms with van der Waals surface area (Å²) in [6.45, 7) is 5.81. The fourth-order valence-electron chi connectivity index (χ4n) is 2.64. The average molecular weight is 353 g/mol. The largest absolute Gasteiger partial charge is 0.337 e. The van der Waals surface area contributed by atoms with Crippen LogP contribution in [0.15, 0.2) is 53.1 Å². The number of halogens is 1. The van der Waals surface area contributed by atoms with Gasteiger partial charge in [-0.05, 0) is 39.0 Å². The maximum absolute atomic E-state index is 14.0. The molecule has 1 amide bonds. The Morgan fingerprint density at radius 3 is 2.65 bits per heavy atom. The molecule has 0 N–H and O–H groups in total. The van der Waals surface area contributed by atoms with Gasteiger partial charge in [0.05, 0.1) is 5.56 Å². The number of amides is 1. The summed E-state index contributed by atoms with van der Waals surface area (Å²) >= 11 is 0. The molecule has 0 radical (unpaired) electrons. The van der Waals surface area contributed by atoms with Crippen LogP contribution < -0.4 is 0 Å². The van der Waals surface area contributed by atoms with Gasteiger partial charge < -0.3 is 9.42 Å². The molecule has 0 saturated heterocycles. The number of benzene rings is 2. The first kappa shape index (κ1) is 17.8. The summed E-state index contributed by atoms with van der Waals surface area (Å²) in [6.07, 6.45) is 0. The van der Waals surface area contributed by atoms with Gasteiger partial charge in [-0.1, -0.05) is 41.1 Å². The molecule has 0 atom stereocenters. The summed E-state index contributed by atoms with van der Waals surface area (Å²) in [5.74, 6) is -0.187. The summed E-state index contributed by atoms with van der Waals surface area (Å²) in [5, 5.41) is 3.99. The lowest BCUT2D eigenvalue weighted by atomic mass is 10.1. The highest BCUT2D eigenvalue weighted by atomic mass is 19.1. The van der Waals surface area contributed by atoms with E-state index in [9.17, 15) is 9.18 Å². The summed E-state index contributed by atoms with van der Waals surface area (Å²) in [5.41, 5.74) is 1.96. The predicted molar refractivity (Wildman–Crippen MR) is 95.9 cm³/mol. The van der Waals surface area contributed by atoms with E-state index in [4.69, 9.17) is 4.52 Å². The van der Waals surface area contributed by atoms with E-state index in [2.05, 4.69) is 10.1 Å². The first-order valence-electron chi connectivity index (χ1n) is 8.41. The molecule has 2 aromatic carbocycles. The van der Waals surface area contributed by atoms with Gasteiger partial charge in [0.1, 0.15) is 12.4 Å². The zero-order chi connectivity index (χ0) is 18.7. The van der Waals surface area contributed by atoms with Crippen LogP contribution in [0, 0.1) is 12.7 Å². The van der Waals surface area contributed by atoms with Crippen LogP contribution in [-0.2, 0) is 6.54 Å². The molecule has 0 spiro atoms. The molecule has 134 valence electrons. The van der Waals surface area contributed by atoms with E-state index >= 15 is 0 Å². The first-order valence-corrected chi connectivity index (χ1v) is 8.41. The highest BCUT2D eigenvalue weighted by Crippen LogP contribution is 2.19. The monoisotopic (exact) mass is 353 g/mol. The van der Waals surface area contributed by atoms with Crippen LogP contribution in [0.2, 0.25) is 0 Å². The molecule has 0 bridgehead atoms. The number of carbonyl (C=O) groups is 1. The van der Waals surface area contributed by atoms with E-state index in [0.717, 1.165) is 11.1 Å². The number of carbonyl (C=O) groups excluding carboxylic acids is 1. The molecule has 0 aliphatic rings. The zero-order valence-electron chi connectivity index (χ0n) is 14.9. The Hall–Kier alpha value is -3.02. The second-order valence-electron chi connectivity index (χ2n) is 6.39. The molecule has 6 heteroatoms. The maximum Gasteiger partial charge on any atom is 0.257 e. The van der Waals surface area contributed by atoms with Crippen LogP contribution in [-0.4, -0.2) is 27.0 Å². The summed E-state index contributed by atoms with van der Waals surface area (Å²) in [4.78, 5) is 18.6. The normalized spacial score (nSPS) is 11.0. The maximum atomic E-state index is 14.0. The Morgan fingerprint density at radius 1 is 1.19 bits per heavy atom. The molecular formula is C20H20FN3O2. The third-order valence-electron chi connectivity index (χ3n) is 4.04. The van der Waals surface area contributed by atoms with E-state index < -0.39 is 11.7 Å². The van der Waals surface area contributed by atoms with E-state index in [0.29, 0.717) is 11.7 Å². The van der Waals surface area contributed by atoms with Crippen molar-refractivity contribution in [3.8, 4) is 11.4 Å². The second-order valence-corrected chi connectivity index (χ2v) is 6.39. The van der Waals surface area contributed by atoms with E-state index in [1.54, 1.807) is 12.1 Å². The lowest BCUT2D eigenvalue weighted by Gasteiger charge is -2.25. The SMILES string of the molecule is Cc1cccc(-c2noc(CN(C(=O)c3ccccc3F)C(C)C)n2)c1. The molecule has 0 aliphatic heterocycles. The second kappa shape index (κ2) is 7.47. The number of rotatable bonds is 5. The first-order chi connectivity index (χ1) is 12.5. The standard InChI is InChI=1S/C20H20FN3O2/c1-13(2)24(20(25)16-9-4-5-10-17(16)21)12-18-22-19(23-26-18)15-8-6-7-14(3)11-15/h4-11,13H,12H2,1-3H3. The van der Waals surface area contributed by atoms with Crippen molar-refractivity contribution >= 4 is 5.91 Å². The third kappa shape index (κ3) is 3.79. The number of hydrogen-bond donors (Lipinski definition) is 0. The van der Waals surface area contributed by atoms with Crippen molar-refractivity contribution in [2.75, 3.05) is 0 Å². The van der Waals surface area contributed by atoms with Gasteiger partial charge in [-0.3, -0.25) is 4.79 Å². The minimum atomic E-state index is -0.547. The summed E-state index contributed by atoms with van der Waals surface area (Å²) in [6, 6.07) is 13.5. The van der Waals surface area contributed by atoms with Crippen LogP contribution in [0.4, 0.5) is 4.39 Å². The molecule has 0 saturated carbocycles. The van der Waals surface area contributed by atoms with Crippen molar-refractivity contribution < 1.29 is 13.7 Å². The quantitative estimate of drug-likeness (QED) is 0.688. The van der Waals surface area contributed by atoms with Gasteiger partial charge in [0, 0.05) is 11.6 Å². The smallest absolute Gasteiger partial charge is 0.257 e. The summed E-state index contributed by atoms with van der Waals surface area (Å²) < 4.78 is 19.3. The van der Waals surface area contributed by atoms with Crippen molar-refractivity contribution in [1.82, 2.24) is 15.0 Å². The van der Waals surface area contributed by atoms with Crippen molar-refractivity contribution in [2.45, 2.75) is 33.4 Å². The fourth-order valence-corrected chi connectivity index (χ4v) is 2.64. The molecule has 3 rings (SSSR count). The molecule has 1 heterocycles. The highest BCUT2D eigenvalue weighted by Gasteiger charge is 2.24. The fraction of sp³-hybridized carbons (Fsp3) is 0.250. The van der Waals surface area contributed by atoms with Crippen molar-refractivity contribution in [3.63, 3.8) is 0 Å². The van der Waals surface area contributed by atoms with Crippen LogP contribution in [0.1, 0.15) is 35.7 Å². The number of hydrogen-bond acceptors (Lipinski definition) is 4. The minimum Gasteiger partial charge on any atom is -0.337 e. The van der Waals surface area contributed by atoms with Crippen LogP contribution in [0.3, 0.4) is 0 Å². The predicted octanol–water partition coefficient (Wildman–Crippen LogP) is 4.23. The molecule has 0 fully saturated rings. The average Bonchev–Trinajstić information content (AvgIpc) is 3.08. The lowest BCUT2D eigenvalue weighted by molar-refractivity contribution is 0.0662. The topological polar surface area (TPSA) is 59.2 Å². The molecule has 0 unspecified atom stereocenters. The zero-order valence-corrected chi connectivity index (χ0v) is 14.9. The van der Waals surface area contributed by atoms with Crippen molar-refractivity contribution in [1.29, 1.82) is 0 Å². The summed E-state index contributed by atoms with van der Waals surface area (Å²) in [7, 11) is 0. The molecular weight excluding hydrogens is 333 g/mol. The number of nitrogens with zero attached hydrogens (tertiary/aromatic N) is 3. The van der Waals surface area contributed by atoms with Crippen molar-refractivity contribution in [2.24, 2.45) is 0 Å². The molecule has 26 heavy (non-hydrogen) atoms. The Labute approximate surface area is 151 Å². The minimum absolute atomic E-state index is 0.0274. The van der Waals surface area contributed by atoms with Crippen LogP contribution in [0.25, 0.3) is 11.4 Å². The molecule has 5 nitrogen and oxygen atoms in total. The molecule has 3 aromatic rings.